The van der Waals surface area contributed by atoms with Gasteiger partial charge in [-0.15, -0.1) is 5.10 Å². The van der Waals surface area contributed by atoms with Crippen LogP contribution in [-0.4, -0.2) is 27.1 Å². The van der Waals surface area contributed by atoms with Gasteiger partial charge in [0, 0.05) is 6.08 Å². The van der Waals surface area contributed by atoms with Crippen molar-refractivity contribution >= 4 is 12.0 Å². The number of hydrogen-bond donors (Lipinski definition) is 0. The molecule has 1 heterocycles. The van der Waals surface area contributed by atoms with Crippen LogP contribution in [0, 0.1) is 0 Å². The van der Waals surface area contributed by atoms with E-state index in [1.807, 2.05) is 10.9 Å². The van der Waals surface area contributed by atoms with Gasteiger partial charge in [-0.25, -0.2) is 9.48 Å². The zero-order valence-corrected chi connectivity index (χ0v) is 12.4. The Morgan fingerprint density at radius 3 is 2.62 bits per heavy atom. The Morgan fingerprint density at radius 1 is 1.14 bits per heavy atom. The van der Waals surface area contributed by atoms with E-state index in [4.69, 9.17) is 4.74 Å². The van der Waals surface area contributed by atoms with Crippen LogP contribution in [0.5, 0.6) is 0 Å². The maximum absolute atomic E-state index is 11.7. The van der Waals surface area contributed by atoms with E-state index in [2.05, 4.69) is 10.3 Å². The highest BCUT2D eigenvalue weighted by Crippen LogP contribution is 2.27. The molecule has 0 spiro atoms. The smallest absolute Gasteiger partial charge is 0.331 e. The van der Waals surface area contributed by atoms with Crippen molar-refractivity contribution in [3.63, 3.8) is 0 Å². The number of esters is 1. The van der Waals surface area contributed by atoms with E-state index >= 15 is 0 Å². The number of carbonyl (C=O) groups excluding carboxylic acids is 1. The van der Waals surface area contributed by atoms with Gasteiger partial charge in [-0.2, -0.15) is 0 Å². The van der Waals surface area contributed by atoms with Gasteiger partial charge < -0.3 is 4.74 Å². The van der Waals surface area contributed by atoms with E-state index in [0.29, 0.717) is 6.04 Å². The van der Waals surface area contributed by atoms with Crippen LogP contribution in [0.25, 0.3) is 6.08 Å². The van der Waals surface area contributed by atoms with Crippen LogP contribution in [0.3, 0.4) is 0 Å². The van der Waals surface area contributed by atoms with E-state index in [1.54, 1.807) is 6.08 Å². The zero-order valence-electron chi connectivity index (χ0n) is 12.4. The molecule has 3 rings (SSSR count). The fraction of sp³-hybridized carbons (Fsp3) is 0.688. The third-order valence-electron chi connectivity index (χ3n) is 4.45. The monoisotopic (exact) mass is 289 g/mol. The molecule has 5 heteroatoms. The molecule has 2 aliphatic rings. The van der Waals surface area contributed by atoms with Crippen LogP contribution < -0.4 is 0 Å². The number of aromatic nitrogens is 3. The van der Waals surface area contributed by atoms with Crippen LogP contribution in [0.2, 0.25) is 0 Å². The van der Waals surface area contributed by atoms with Crippen molar-refractivity contribution < 1.29 is 9.53 Å². The van der Waals surface area contributed by atoms with Crippen LogP contribution in [-0.2, 0) is 9.53 Å². The molecule has 114 valence electrons. The number of rotatable bonds is 4. The molecule has 2 fully saturated rings. The Bertz CT molecular complexity index is 497. The Morgan fingerprint density at radius 2 is 1.86 bits per heavy atom. The lowest BCUT2D eigenvalue weighted by Crippen LogP contribution is -2.13. The summed E-state index contributed by atoms with van der Waals surface area (Å²) >= 11 is 0. The normalized spacial score (nSPS) is 21.1. The molecule has 2 aliphatic carbocycles. The Kier molecular flexibility index (Phi) is 4.68. The van der Waals surface area contributed by atoms with Gasteiger partial charge in [-0.1, -0.05) is 24.5 Å². The van der Waals surface area contributed by atoms with E-state index in [0.717, 1.165) is 31.4 Å². The van der Waals surface area contributed by atoms with Gasteiger partial charge >= 0.3 is 5.97 Å². The molecule has 0 amide bonds. The first-order valence-corrected chi connectivity index (χ1v) is 8.12. The third-order valence-corrected chi connectivity index (χ3v) is 4.45. The fourth-order valence-corrected chi connectivity index (χ4v) is 3.25. The Hall–Kier alpha value is -1.65. The van der Waals surface area contributed by atoms with E-state index in [1.165, 1.54) is 38.2 Å². The summed E-state index contributed by atoms with van der Waals surface area (Å²) in [5, 5.41) is 8.30. The highest BCUT2D eigenvalue weighted by molar-refractivity contribution is 5.86. The zero-order chi connectivity index (χ0) is 14.5. The molecule has 0 aromatic carbocycles. The van der Waals surface area contributed by atoms with Gasteiger partial charge in [-0.3, -0.25) is 0 Å². The average molecular weight is 289 g/mol. The predicted octanol–water partition coefficient (Wildman–Crippen LogP) is 3.28. The van der Waals surface area contributed by atoms with Crippen molar-refractivity contribution in [1.82, 2.24) is 15.0 Å². The Balaban J connectivity index is 1.53. The fourth-order valence-electron chi connectivity index (χ4n) is 3.25. The summed E-state index contributed by atoms with van der Waals surface area (Å²) in [5.74, 6) is -0.269. The molecule has 1 aromatic rings. The lowest BCUT2D eigenvalue weighted by atomic mass is 9.96. The maximum Gasteiger partial charge on any atom is 0.331 e. The van der Waals surface area contributed by atoms with Gasteiger partial charge in [0.15, 0.2) is 0 Å². The minimum atomic E-state index is -0.269. The molecule has 0 N–H and O–H groups in total. The van der Waals surface area contributed by atoms with Crippen molar-refractivity contribution in [3.8, 4) is 0 Å². The molecule has 0 unspecified atom stereocenters. The van der Waals surface area contributed by atoms with E-state index in [-0.39, 0.29) is 12.1 Å². The second-order valence-electron chi connectivity index (χ2n) is 6.09. The molecule has 5 nitrogen and oxygen atoms in total. The van der Waals surface area contributed by atoms with Crippen molar-refractivity contribution in [3.05, 3.63) is 18.0 Å². The number of nitrogens with zero attached hydrogens (tertiary/aromatic N) is 3. The molecule has 1 aromatic heterocycles. The second kappa shape index (κ2) is 6.87. The van der Waals surface area contributed by atoms with Crippen LogP contribution in [0.15, 0.2) is 12.3 Å². The van der Waals surface area contributed by atoms with Crippen molar-refractivity contribution in [1.29, 1.82) is 0 Å². The van der Waals surface area contributed by atoms with Crippen molar-refractivity contribution in [2.75, 3.05) is 0 Å². The standard InChI is InChI=1S/C16H23N3O2/c20-16(21-15-8-4-5-9-15)11-10-13-12-19(18-17-13)14-6-2-1-3-7-14/h10-12,14-15H,1-9H2/b11-10+. The van der Waals surface area contributed by atoms with Gasteiger partial charge in [-0.05, 0) is 44.6 Å². The molecule has 0 bridgehead atoms. The lowest BCUT2D eigenvalue weighted by molar-refractivity contribution is -0.142. The van der Waals surface area contributed by atoms with Gasteiger partial charge in [0.05, 0.1) is 12.2 Å². The summed E-state index contributed by atoms with van der Waals surface area (Å²) in [6.07, 6.45) is 15.7. The molecule has 2 saturated carbocycles. The van der Waals surface area contributed by atoms with E-state index in [9.17, 15) is 4.79 Å². The minimum absolute atomic E-state index is 0.111. The van der Waals surface area contributed by atoms with Crippen molar-refractivity contribution in [2.45, 2.75) is 69.9 Å². The summed E-state index contributed by atoms with van der Waals surface area (Å²) in [6, 6.07) is 0.471. The van der Waals surface area contributed by atoms with Gasteiger partial charge in [0.25, 0.3) is 0 Å². The second-order valence-corrected chi connectivity index (χ2v) is 6.09. The summed E-state index contributed by atoms with van der Waals surface area (Å²) < 4.78 is 7.32. The number of carbonyl (C=O) groups is 1. The van der Waals surface area contributed by atoms with Gasteiger partial charge in [0.2, 0.25) is 0 Å². The molecule has 0 saturated heterocycles. The minimum Gasteiger partial charge on any atom is -0.459 e. The molecule has 0 radical (unpaired) electrons. The number of hydrogen-bond acceptors (Lipinski definition) is 4. The number of ether oxygens (including phenoxy) is 1. The summed E-state index contributed by atoms with van der Waals surface area (Å²) in [4.78, 5) is 11.7. The first-order valence-electron chi connectivity index (χ1n) is 8.12. The maximum atomic E-state index is 11.7. The van der Waals surface area contributed by atoms with Crippen molar-refractivity contribution in [2.24, 2.45) is 0 Å². The van der Waals surface area contributed by atoms with Crippen LogP contribution >= 0.6 is 0 Å². The third kappa shape index (κ3) is 3.93. The largest absolute Gasteiger partial charge is 0.459 e. The summed E-state index contributed by atoms with van der Waals surface area (Å²) in [6.45, 7) is 0. The first-order chi connectivity index (χ1) is 10.3. The predicted molar refractivity (Wildman–Crippen MR) is 79.5 cm³/mol. The lowest BCUT2D eigenvalue weighted by Gasteiger charge is -2.20. The molecule has 21 heavy (non-hydrogen) atoms. The van der Waals surface area contributed by atoms with E-state index < -0.39 is 0 Å². The molecule has 0 atom stereocenters. The Labute approximate surface area is 125 Å². The van der Waals surface area contributed by atoms with Crippen LogP contribution in [0.1, 0.15) is 69.5 Å². The average Bonchev–Trinajstić information content (AvgIpc) is 3.17. The highest BCUT2D eigenvalue weighted by Gasteiger charge is 2.18. The van der Waals surface area contributed by atoms with Gasteiger partial charge in [0.1, 0.15) is 11.8 Å². The topological polar surface area (TPSA) is 57.0 Å². The first kappa shape index (κ1) is 14.3. The SMILES string of the molecule is O=C(/C=C/c1cn(C2CCCCC2)nn1)OC1CCCC1. The molecular weight excluding hydrogens is 266 g/mol. The van der Waals surface area contributed by atoms with Crippen LogP contribution in [0.4, 0.5) is 0 Å². The summed E-state index contributed by atoms with van der Waals surface area (Å²) in [5.41, 5.74) is 0.726. The highest BCUT2D eigenvalue weighted by atomic mass is 16.5. The molecular formula is C16H23N3O2. The summed E-state index contributed by atoms with van der Waals surface area (Å²) in [7, 11) is 0. The quantitative estimate of drug-likeness (QED) is 0.630. The molecule has 0 aliphatic heterocycles.